The number of methoxy groups -OCH3 is 1. The van der Waals surface area contributed by atoms with Gasteiger partial charge in [-0.15, -0.1) is 0 Å². The van der Waals surface area contributed by atoms with Gasteiger partial charge >= 0.3 is 0 Å². The molecule has 0 aromatic heterocycles. The lowest BCUT2D eigenvalue weighted by Crippen LogP contribution is -2.34. The number of hydrogen-bond donors (Lipinski definition) is 0. The van der Waals surface area contributed by atoms with Crippen LogP contribution in [-0.2, 0) is 4.74 Å². The van der Waals surface area contributed by atoms with Gasteiger partial charge in [-0.05, 0) is 13.5 Å². The van der Waals surface area contributed by atoms with E-state index in [9.17, 15) is 4.39 Å². The molecule has 1 fully saturated rings. The van der Waals surface area contributed by atoms with Gasteiger partial charge in [0.15, 0.2) is 0 Å². The molecule has 0 aromatic carbocycles. The lowest BCUT2D eigenvalue weighted by Gasteiger charge is -2.19. The minimum atomic E-state index is -0.690. The number of nitrogens with zero attached hydrogens (tertiary/aromatic N) is 1. The summed E-state index contributed by atoms with van der Waals surface area (Å²) in [6.07, 6.45) is -0.0326. The molecule has 1 saturated heterocycles. The highest BCUT2D eigenvalue weighted by atomic mass is 19.1. The molecule has 0 N–H and O–H groups in total. The number of likely N-dealkylation sites (tertiary alicyclic amines) is 1. The Hall–Kier alpha value is -0.150. The average molecular weight is 177 g/mol. The first-order valence-electron chi connectivity index (χ1n) is 4.59. The van der Waals surface area contributed by atoms with Gasteiger partial charge in [0.05, 0.1) is 12.6 Å². The highest BCUT2D eigenvalue weighted by Gasteiger charge is 2.31. The largest absolute Gasteiger partial charge is 0.383 e. The van der Waals surface area contributed by atoms with E-state index in [0.717, 1.165) is 6.54 Å². The molecule has 0 spiro atoms. The molecule has 1 aliphatic rings. The second-order valence-electron chi connectivity index (χ2n) is 2.81. The van der Waals surface area contributed by atoms with E-state index in [-0.39, 0.29) is 6.04 Å². The van der Waals surface area contributed by atoms with Gasteiger partial charge in [-0.1, -0.05) is 13.8 Å². The summed E-state index contributed by atoms with van der Waals surface area (Å²) in [5, 5.41) is 0. The molecule has 0 amide bonds. The molecule has 2 nitrogen and oxygen atoms in total. The van der Waals surface area contributed by atoms with Gasteiger partial charge < -0.3 is 4.74 Å². The van der Waals surface area contributed by atoms with Crippen molar-refractivity contribution in [3.8, 4) is 0 Å². The SMILES string of the molecule is CC.COCC1C(F)CCN1C. The van der Waals surface area contributed by atoms with Crippen LogP contribution >= 0.6 is 0 Å². The van der Waals surface area contributed by atoms with Gasteiger partial charge in [0.1, 0.15) is 6.17 Å². The minimum absolute atomic E-state index is 0.00926. The summed E-state index contributed by atoms with van der Waals surface area (Å²) in [5.74, 6) is 0. The van der Waals surface area contributed by atoms with Gasteiger partial charge in [0.2, 0.25) is 0 Å². The van der Waals surface area contributed by atoms with E-state index in [0.29, 0.717) is 13.0 Å². The molecule has 1 rings (SSSR count). The summed E-state index contributed by atoms with van der Waals surface area (Å²) in [5.41, 5.74) is 0. The van der Waals surface area contributed by atoms with Crippen molar-refractivity contribution in [1.29, 1.82) is 0 Å². The highest BCUT2D eigenvalue weighted by molar-refractivity contribution is 4.84. The first-order chi connectivity index (χ1) is 5.75. The Balaban J connectivity index is 0.000000561. The molecular weight excluding hydrogens is 157 g/mol. The van der Waals surface area contributed by atoms with E-state index in [1.54, 1.807) is 7.11 Å². The van der Waals surface area contributed by atoms with Crippen molar-refractivity contribution in [2.24, 2.45) is 0 Å². The van der Waals surface area contributed by atoms with E-state index >= 15 is 0 Å². The highest BCUT2D eigenvalue weighted by Crippen LogP contribution is 2.18. The maximum absolute atomic E-state index is 12.9. The molecule has 2 unspecified atom stereocenters. The Kier molecular flexibility index (Phi) is 6.30. The summed E-state index contributed by atoms with van der Waals surface area (Å²) in [7, 11) is 3.54. The first-order valence-corrected chi connectivity index (χ1v) is 4.59. The van der Waals surface area contributed by atoms with Crippen LogP contribution in [-0.4, -0.2) is 44.4 Å². The average Bonchev–Trinajstić information content (AvgIpc) is 2.40. The fourth-order valence-corrected chi connectivity index (χ4v) is 1.36. The molecule has 1 aliphatic heterocycles. The summed E-state index contributed by atoms with van der Waals surface area (Å²) >= 11 is 0. The van der Waals surface area contributed by atoms with E-state index in [2.05, 4.69) is 0 Å². The third-order valence-corrected chi connectivity index (χ3v) is 2.08. The molecule has 2 atom stereocenters. The Morgan fingerprint density at radius 3 is 2.42 bits per heavy atom. The zero-order valence-electron chi connectivity index (χ0n) is 8.51. The van der Waals surface area contributed by atoms with Crippen molar-refractivity contribution < 1.29 is 9.13 Å². The smallest absolute Gasteiger partial charge is 0.119 e. The predicted molar refractivity (Wildman–Crippen MR) is 49.2 cm³/mol. The van der Waals surface area contributed by atoms with Crippen molar-refractivity contribution in [2.75, 3.05) is 27.3 Å². The normalized spacial score (nSPS) is 29.8. The molecule has 0 aliphatic carbocycles. The van der Waals surface area contributed by atoms with Gasteiger partial charge in [0.25, 0.3) is 0 Å². The fraction of sp³-hybridized carbons (Fsp3) is 1.00. The summed E-state index contributed by atoms with van der Waals surface area (Å²) in [6.45, 7) is 5.37. The summed E-state index contributed by atoms with van der Waals surface area (Å²) in [6, 6.07) is -0.00926. The molecule has 0 bridgehead atoms. The van der Waals surface area contributed by atoms with Crippen LogP contribution in [0.4, 0.5) is 4.39 Å². The molecule has 0 aromatic rings. The molecule has 1 heterocycles. The molecule has 3 heteroatoms. The van der Waals surface area contributed by atoms with Crippen LogP contribution in [0.1, 0.15) is 20.3 Å². The van der Waals surface area contributed by atoms with Gasteiger partial charge in [0, 0.05) is 13.7 Å². The minimum Gasteiger partial charge on any atom is -0.383 e. The van der Waals surface area contributed by atoms with Crippen molar-refractivity contribution in [1.82, 2.24) is 4.90 Å². The van der Waals surface area contributed by atoms with Crippen LogP contribution in [0.15, 0.2) is 0 Å². The lowest BCUT2D eigenvalue weighted by molar-refractivity contribution is 0.0972. The molecule has 74 valence electrons. The zero-order chi connectivity index (χ0) is 9.56. The summed E-state index contributed by atoms with van der Waals surface area (Å²) in [4.78, 5) is 2.01. The van der Waals surface area contributed by atoms with Gasteiger partial charge in [-0.2, -0.15) is 0 Å². The topological polar surface area (TPSA) is 12.5 Å². The van der Waals surface area contributed by atoms with Crippen LogP contribution in [0.2, 0.25) is 0 Å². The molecule has 12 heavy (non-hydrogen) atoms. The zero-order valence-corrected chi connectivity index (χ0v) is 8.51. The van der Waals surface area contributed by atoms with E-state index < -0.39 is 6.17 Å². The fourth-order valence-electron chi connectivity index (χ4n) is 1.36. The van der Waals surface area contributed by atoms with Crippen LogP contribution in [0.3, 0.4) is 0 Å². The number of hydrogen-bond acceptors (Lipinski definition) is 2. The number of alkyl halides is 1. The summed E-state index contributed by atoms with van der Waals surface area (Å²) < 4.78 is 17.8. The number of likely N-dealkylation sites (N-methyl/N-ethyl adjacent to an activating group) is 1. The molecular formula is C9H20FNO. The molecule has 0 saturated carbocycles. The van der Waals surface area contributed by atoms with Crippen molar-refractivity contribution in [3.63, 3.8) is 0 Å². The predicted octanol–water partition coefficient (Wildman–Crippen LogP) is 1.70. The first kappa shape index (κ1) is 11.8. The third-order valence-electron chi connectivity index (χ3n) is 2.08. The quantitative estimate of drug-likeness (QED) is 0.636. The monoisotopic (exact) mass is 177 g/mol. The number of halogens is 1. The van der Waals surface area contributed by atoms with Crippen LogP contribution in [0.25, 0.3) is 0 Å². The Morgan fingerprint density at radius 2 is 2.08 bits per heavy atom. The Morgan fingerprint density at radius 1 is 1.50 bits per heavy atom. The van der Waals surface area contributed by atoms with Crippen LogP contribution in [0, 0.1) is 0 Å². The van der Waals surface area contributed by atoms with E-state index in [1.165, 1.54) is 0 Å². The second-order valence-corrected chi connectivity index (χ2v) is 2.81. The van der Waals surface area contributed by atoms with E-state index in [1.807, 2.05) is 25.8 Å². The van der Waals surface area contributed by atoms with Crippen LogP contribution in [0.5, 0.6) is 0 Å². The Bertz CT molecular complexity index is 101. The van der Waals surface area contributed by atoms with Crippen LogP contribution < -0.4 is 0 Å². The maximum atomic E-state index is 12.9. The lowest BCUT2D eigenvalue weighted by atomic mass is 10.2. The van der Waals surface area contributed by atoms with Crippen molar-refractivity contribution in [3.05, 3.63) is 0 Å². The van der Waals surface area contributed by atoms with Crippen molar-refractivity contribution >= 4 is 0 Å². The number of rotatable bonds is 2. The van der Waals surface area contributed by atoms with E-state index in [4.69, 9.17) is 4.74 Å². The second kappa shape index (κ2) is 6.38. The van der Waals surface area contributed by atoms with Crippen molar-refractivity contribution in [2.45, 2.75) is 32.5 Å². The third kappa shape index (κ3) is 3.07. The standard InChI is InChI=1S/C7H14FNO.C2H6/c1-9-4-3-6(8)7(9)5-10-2;1-2/h6-7H,3-5H2,1-2H3;1-2H3. The number of ether oxygens (including phenoxy) is 1. The van der Waals surface area contributed by atoms with Gasteiger partial charge in [-0.25, -0.2) is 4.39 Å². The maximum Gasteiger partial charge on any atom is 0.119 e. The van der Waals surface area contributed by atoms with Gasteiger partial charge in [-0.3, -0.25) is 4.90 Å². The molecule has 0 radical (unpaired) electrons. The Labute approximate surface area is 74.7 Å².